The minimum absolute atomic E-state index is 0.167. The number of hydrogen-bond donors (Lipinski definition) is 3. The molecule has 1 aromatic carbocycles. The normalized spacial score (nSPS) is 24.3. The van der Waals surface area contributed by atoms with Gasteiger partial charge in [-0.05, 0) is 43.4 Å². The first-order valence-corrected chi connectivity index (χ1v) is 7.60. The number of ether oxygens (including phenoxy) is 2. The Morgan fingerprint density at radius 3 is 2.55 bits per heavy atom. The van der Waals surface area contributed by atoms with E-state index in [2.05, 4.69) is 5.32 Å². The molecule has 22 heavy (non-hydrogen) atoms. The first-order valence-electron chi connectivity index (χ1n) is 7.60. The fourth-order valence-corrected chi connectivity index (χ4v) is 3.16. The topological polar surface area (TPSA) is 88.0 Å². The van der Waals surface area contributed by atoms with Gasteiger partial charge in [-0.2, -0.15) is 0 Å². The summed E-state index contributed by atoms with van der Waals surface area (Å²) in [6, 6.07) is 5.20. The van der Waals surface area contributed by atoms with Crippen molar-refractivity contribution in [1.29, 1.82) is 0 Å². The van der Waals surface area contributed by atoms with Crippen LogP contribution in [0.25, 0.3) is 0 Å². The highest BCUT2D eigenvalue weighted by atomic mass is 16.5. The minimum atomic E-state index is -2.39. The molecule has 1 aromatic rings. The zero-order valence-electron chi connectivity index (χ0n) is 12.5. The Morgan fingerprint density at radius 2 is 1.95 bits per heavy atom. The summed E-state index contributed by atoms with van der Waals surface area (Å²) in [4.78, 5) is 11.5. The van der Waals surface area contributed by atoms with Crippen LogP contribution in [0.3, 0.4) is 0 Å². The second kappa shape index (κ2) is 5.78. The van der Waals surface area contributed by atoms with Gasteiger partial charge in [-0.15, -0.1) is 0 Å². The van der Waals surface area contributed by atoms with E-state index in [1.165, 1.54) is 0 Å². The van der Waals surface area contributed by atoms with Crippen LogP contribution in [0.5, 0.6) is 11.5 Å². The van der Waals surface area contributed by atoms with Gasteiger partial charge in [0.05, 0.1) is 19.1 Å². The summed E-state index contributed by atoms with van der Waals surface area (Å²) in [6.07, 6.45) is 4.51. The quantitative estimate of drug-likeness (QED) is 0.720. The first kappa shape index (κ1) is 15.1. The average Bonchev–Trinajstić information content (AvgIpc) is 3.08. The molecule has 1 atom stereocenters. The molecule has 3 N–H and O–H groups in total. The highest BCUT2D eigenvalue weighted by Crippen LogP contribution is 2.37. The third kappa shape index (κ3) is 2.64. The van der Waals surface area contributed by atoms with Crippen LogP contribution < -0.4 is 14.8 Å². The van der Waals surface area contributed by atoms with Crippen molar-refractivity contribution in [1.82, 2.24) is 5.32 Å². The molecule has 1 amide bonds. The Bertz CT molecular complexity index is 566. The molecule has 0 spiro atoms. The van der Waals surface area contributed by atoms with E-state index in [9.17, 15) is 15.0 Å². The maximum atomic E-state index is 11.5. The summed E-state index contributed by atoms with van der Waals surface area (Å²) in [5.74, 6) is -2.70. The highest BCUT2D eigenvalue weighted by molar-refractivity contribution is 5.87. The third-order valence-corrected chi connectivity index (χ3v) is 4.47. The number of benzene rings is 1. The van der Waals surface area contributed by atoms with Crippen LogP contribution in [0.4, 0.5) is 0 Å². The van der Waals surface area contributed by atoms with Gasteiger partial charge in [-0.25, -0.2) is 0 Å². The summed E-state index contributed by atoms with van der Waals surface area (Å²) in [6.45, 7) is 0.182. The van der Waals surface area contributed by atoms with Crippen LogP contribution in [-0.2, 0) is 4.79 Å². The van der Waals surface area contributed by atoms with Gasteiger partial charge in [-0.3, -0.25) is 4.79 Å². The molecule has 2 fully saturated rings. The maximum Gasteiger partial charge on any atom is 0.280 e. The zero-order valence-corrected chi connectivity index (χ0v) is 12.5. The summed E-state index contributed by atoms with van der Waals surface area (Å²) < 4.78 is 11.3. The van der Waals surface area contributed by atoms with Crippen molar-refractivity contribution in [2.24, 2.45) is 0 Å². The second-order valence-electron chi connectivity index (χ2n) is 5.92. The van der Waals surface area contributed by atoms with Crippen LogP contribution in [0.1, 0.15) is 37.2 Å². The number of carbonyl (C=O) groups is 1. The molecule has 1 unspecified atom stereocenters. The molecule has 6 heteroatoms. The van der Waals surface area contributed by atoms with Crippen LogP contribution in [0, 0.1) is 0 Å². The number of methoxy groups -OCH3 is 1. The molecule has 0 bridgehead atoms. The number of nitrogens with one attached hydrogen (secondary N) is 1. The van der Waals surface area contributed by atoms with Crippen molar-refractivity contribution < 1.29 is 24.5 Å². The molecular formula is C16H21NO5. The van der Waals surface area contributed by atoms with E-state index in [1.807, 2.05) is 0 Å². The van der Waals surface area contributed by atoms with Crippen molar-refractivity contribution >= 4 is 5.91 Å². The molecule has 3 rings (SSSR count). The van der Waals surface area contributed by atoms with Gasteiger partial charge in [0, 0.05) is 6.54 Å². The van der Waals surface area contributed by atoms with Crippen molar-refractivity contribution in [3.05, 3.63) is 23.8 Å². The fraction of sp³-hybridized carbons (Fsp3) is 0.562. The largest absolute Gasteiger partial charge is 0.493 e. The number of aliphatic hydroxyl groups is 2. The predicted molar refractivity (Wildman–Crippen MR) is 78.8 cm³/mol. The molecule has 0 radical (unpaired) electrons. The van der Waals surface area contributed by atoms with Crippen molar-refractivity contribution in [3.63, 3.8) is 0 Å². The molecule has 1 aliphatic carbocycles. The average molecular weight is 307 g/mol. The van der Waals surface area contributed by atoms with Gasteiger partial charge in [0.25, 0.3) is 11.7 Å². The number of carbonyl (C=O) groups excluding carboxylic acids is 1. The lowest BCUT2D eigenvalue weighted by Gasteiger charge is -2.23. The van der Waals surface area contributed by atoms with Gasteiger partial charge >= 0.3 is 0 Å². The maximum absolute atomic E-state index is 11.5. The van der Waals surface area contributed by atoms with Crippen LogP contribution >= 0.6 is 0 Å². The number of hydrogen-bond acceptors (Lipinski definition) is 5. The van der Waals surface area contributed by atoms with Crippen molar-refractivity contribution in [3.8, 4) is 11.5 Å². The Balaban J connectivity index is 1.88. The van der Waals surface area contributed by atoms with E-state index in [1.54, 1.807) is 25.3 Å². The van der Waals surface area contributed by atoms with Gasteiger partial charge in [0.15, 0.2) is 11.5 Å². The fourth-order valence-electron chi connectivity index (χ4n) is 3.16. The molecule has 1 heterocycles. The molecular weight excluding hydrogens is 286 g/mol. The Hall–Kier alpha value is -1.79. The van der Waals surface area contributed by atoms with Gasteiger partial charge < -0.3 is 25.0 Å². The zero-order chi connectivity index (χ0) is 15.7. The highest BCUT2D eigenvalue weighted by Gasteiger charge is 2.48. The summed E-state index contributed by atoms with van der Waals surface area (Å²) >= 11 is 0. The van der Waals surface area contributed by atoms with E-state index in [-0.39, 0.29) is 12.6 Å². The van der Waals surface area contributed by atoms with Gasteiger partial charge in [-0.1, -0.05) is 6.07 Å². The predicted octanol–water partition coefficient (Wildman–Crippen LogP) is 0.911. The van der Waals surface area contributed by atoms with E-state index in [0.29, 0.717) is 17.1 Å². The summed E-state index contributed by atoms with van der Waals surface area (Å²) in [5, 5.41) is 22.4. The molecule has 0 aromatic heterocycles. The minimum Gasteiger partial charge on any atom is -0.493 e. The summed E-state index contributed by atoms with van der Waals surface area (Å²) in [5.41, 5.74) is 0.636. The lowest BCUT2D eigenvalue weighted by molar-refractivity contribution is -0.181. The lowest BCUT2D eigenvalue weighted by atomic mass is 9.93. The van der Waals surface area contributed by atoms with Crippen LogP contribution in [-0.4, -0.2) is 41.7 Å². The Morgan fingerprint density at radius 1 is 1.23 bits per heavy atom. The lowest BCUT2D eigenvalue weighted by Crippen LogP contribution is -2.41. The standard InChI is InChI=1S/C16H21NO5/c1-21-13-7-6-10(12-9-17-15(18)16(12,19)20)8-14(13)22-11-4-2-3-5-11/h6-8,11-12,19-20H,2-5,9H2,1H3,(H,17,18). The van der Waals surface area contributed by atoms with Crippen molar-refractivity contribution in [2.75, 3.05) is 13.7 Å². The molecule has 1 saturated heterocycles. The second-order valence-corrected chi connectivity index (χ2v) is 5.92. The van der Waals surface area contributed by atoms with E-state index >= 15 is 0 Å². The SMILES string of the molecule is COc1ccc(C2CNC(=O)C2(O)O)cc1OC1CCCC1. The number of amides is 1. The van der Waals surface area contributed by atoms with Crippen LogP contribution in [0.2, 0.25) is 0 Å². The van der Waals surface area contributed by atoms with Gasteiger partial charge in [0.2, 0.25) is 0 Å². The molecule has 120 valence electrons. The molecule has 1 saturated carbocycles. The van der Waals surface area contributed by atoms with Crippen LogP contribution in [0.15, 0.2) is 18.2 Å². The monoisotopic (exact) mass is 307 g/mol. The molecule has 1 aliphatic heterocycles. The van der Waals surface area contributed by atoms with E-state index in [0.717, 1.165) is 25.7 Å². The smallest absolute Gasteiger partial charge is 0.280 e. The van der Waals surface area contributed by atoms with Gasteiger partial charge in [0.1, 0.15) is 0 Å². The van der Waals surface area contributed by atoms with Crippen molar-refractivity contribution in [2.45, 2.75) is 43.5 Å². The Kier molecular flexibility index (Phi) is 3.97. The molecule has 6 nitrogen and oxygen atoms in total. The Labute approximate surface area is 129 Å². The third-order valence-electron chi connectivity index (χ3n) is 4.47. The first-order chi connectivity index (χ1) is 10.5. The van der Waals surface area contributed by atoms with E-state index < -0.39 is 17.6 Å². The van der Waals surface area contributed by atoms with E-state index in [4.69, 9.17) is 9.47 Å². The molecule has 2 aliphatic rings. The number of rotatable bonds is 4. The summed E-state index contributed by atoms with van der Waals surface area (Å²) in [7, 11) is 1.57.